The van der Waals surface area contributed by atoms with E-state index < -0.39 is 113 Å². The van der Waals surface area contributed by atoms with Crippen LogP contribution in [-0.4, -0.2) is 64.4 Å². The van der Waals surface area contributed by atoms with E-state index >= 15 is 0 Å². The molecule has 44 heavy (non-hydrogen) atoms. The molecule has 2 aliphatic rings. The van der Waals surface area contributed by atoms with Gasteiger partial charge in [0.25, 0.3) is 5.91 Å². The van der Waals surface area contributed by atoms with Crippen LogP contribution in [0.5, 0.6) is 5.75 Å². The monoisotopic (exact) mass is 628 g/mol. The van der Waals surface area contributed by atoms with Crippen molar-refractivity contribution in [1.82, 2.24) is 10.6 Å². The average molecular weight is 629 g/mol. The van der Waals surface area contributed by atoms with E-state index in [1.165, 1.54) is 31.2 Å². The predicted molar refractivity (Wildman–Crippen MR) is 139 cm³/mol. The Morgan fingerprint density at radius 2 is 1.52 bits per heavy atom. The Morgan fingerprint density at radius 3 is 2.09 bits per heavy atom. The summed E-state index contributed by atoms with van der Waals surface area (Å²) in [6.07, 6.45) is -4.53. The number of halogens is 5. The molecule has 238 valence electrons. The lowest BCUT2D eigenvalue weighted by Gasteiger charge is -2.36. The van der Waals surface area contributed by atoms with Gasteiger partial charge < -0.3 is 30.3 Å². The molecular weight excluding hydrogens is 599 g/mol. The lowest BCUT2D eigenvalue weighted by Crippen LogP contribution is -2.59. The number of phenolic OH excluding ortho intramolecular Hbond substituents is 1. The number of hydrogen-bond acceptors (Lipinski definition) is 8. The van der Waals surface area contributed by atoms with Crippen molar-refractivity contribution in [2.45, 2.75) is 69.9 Å². The fraction of sp³-hybridized carbons (Fsp3) is 0.448. The molecule has 1 aliphatic heterocycles. The zero-order chi connectivity index (χ0) is 32.5. The Morgan fingerprint density at radius 1 is 0.932 bits per heavy atom. The Hall–Kier alpha value is -4.27. The van der Waals surface area contributed by atoms with Crippen molar-refractivity contribution in [2.24, 2.45) is 11.8 Å². The summed E-state index contributed by atoms with van der Waals surface area (Å²) >= 11 is 0. The van der Waals surface area contributed by atoms with E-state index in [4.69, 9.17) is 9.47 Å². The van der Waals surface area contributed by atoms with Crippen LogP contribution in [0.1, 0.15) is 49.0 Å². The third-order valence-corrected chi connectivity index (χ3v) is 7.89. The molecule has 1 saturated heterocycles. The topological polar surface area (TPSA) is 151 Å². The van der Waals surface area contributed by atoms with E-state index in [0.717, 1.165) is 6.92 Å². The number of aromatic hydroxyl groups is 1. The van der Waals surface area contributed by atoms with Crippen LogP contribution in [0.3, 0.4) is 0 Å². The van der Waals surface area contributed by atoms with Gasteiger partial charge >= 0.3 is 11.9 Å². The smallest absolute Gasteiger partial charge is 0.348 e. The number of esters is 2. The minimum atomic E-state index is -2.42. The summed E-state index contributed by atoms with van der Waals surface area (Å²) in [6, 6.07) is 1.56. The summed E-state index contributed by atoms with van der Waals surface area (Å²) in [4.78, 5) is 52.7. The molecule has 2 amide bonds. The fourth-order valence-corrected chi connectivity index (χ4v) is 4.98. The number of hydrogen-bond donors (Lipinski definition) is 4. The Kier molecular flexibility index (Phi) is 9.76. The van der Waals surface area contributed by atoms with Gasteiger partial charge in [0.05, 0.1) is 23.6 Å². The van der Waals surface area contributed by atoms with Crippen LogP contribution in [0.4, 0.5) is 22.0 Å². The number of benzene rings is 2. The quantitative estimate of drug-likeness (QED) is 0.171. The molecule has 1 unspecified atom stereocenters. The van der Waals surface area contributed by atoms with E-state index in [0.29, 0.717) is 19.3 Å². The third kappa shape index (κ3) is 6.47. The van der Waals surface area contributed by atoms with E-state index in [9.17, 15) is 51.3 Å². The van der Waals surface area contributed by atoms with Gasteiger partial charge in [0.1, 0.15) is 17.9 Å². The molecule has 1 aliphatic carbocycles. The lowest BCUT2D eigenvalue weighted by molar-refractivity contribution is -0.183. The largest absolute Gasteiger partial charge is 0.507 e. The van der Waals surface area contributed by atoms with Gasteiger partial charge in [0.2, 0.25) is 17.8 Å². The number of phenols is 1. The van der Waals surface area contributed by atoms with Crippen molar-refractivity contribution in [1.29, 1.82) is 0 Å². The second-order valence-electron chi connectivity index (χ2n) is 10.8. The molecule has 4 N–H and O–H groups in total. The number of ether oxygens (including phenoxy) is 2. The van der Waals surface area contributed by atoms with E-state index in [1.807, 2.05) is 0 Å². The Balaban J connectivity index is 1.75. The summed E-state index contributed by atoms with van der Waals surface area (Å²) in [7, 11) is 0. The number of nitrogens with one attached hydrogen (secondary N) is 2. The molecule has 10 nitrogen and oxygen atoms in total. The van der Waals surface area contributed by atoms with Gasteiger partial charge in [0, 0.05) is 17.9 Å². The number of rotatable bonds is 5. The van der Waals surface area contributed by atoms with E-state index in [-0.39, 0.29) is 5.56 Å². The van der Waals surface area contributed by atoms with Gasteiger partial charge in [-0.2, -0.15) is 0 Å². The maximum absolute atomic E-state index is 14.6. The van der Waals surface area contributed by atoms with Gasteiger partial charge in [-0.05, 0) is 38.8 Å². The highest BCUT2D eigenvalue weighted by atomic mass is 19.2. The van der Waals surface area contributed by atoms with Crippen molar-refractivity contribution in [2.75, 3.05) is 0 Å². The first kappa shape index (κ1) is 32.6. The Labute approximate surface area is 247 Å². The molecule has 0 radical (unpaired) electrons. The molecule has 2 aromatic rings. The second-order valence-corrected chi connectivity index (χ2v) is 10.8. The fourth-order valence-electron chi connectivity index (χ4n) is 4.98. The lowest BCUT2D eigenvalue weighted by atomic mass is 9.81. The molecule has 2 aromatic carbocycles. The first-order valence-corrected chi connectivity index (χ1v) is 13.7. The Bertz CT molecular complexity index is 1440. The van der Waals surface area contributed by atoms with Gasteiger partial charge in [-0.3, -0.25) is 14.4 Å². The number of carbonyl (C=O) groups is 4. The molecule has 6 atom stereocenters. The van der Waals surface area contributed by atoms with E-state index in [1.54, 1.807) is 0 Å². The molecule has 4 rings (SSSR count). The third-order valence-electron chi connectivity index (χ3n) is 7.89. The minimum Gasteiger partial charge on any atom is -0.507 e. The maximum Gasteiger partial charge on any atom is 0.348 e. The molecule has 1 heterocycles. The average Bonchev–Trinajstić information content (AvgIpc) is 2.96. The molecular formula is C29H29F5N2O8. The normalized spacial score (nSPS) is 26.8. The highest BCUT2D eigenvalue weighted by Crippen LogP contribution is 2.33. The molecule has 0 aromatic heterocycles. The van der Waals surface area contributed by atoms with Gasteiger partial charge in [0.15, 0.2) is 23.3 Å². The first-order valence-electron chi connectivity index (χ1n) is 13.7. The van der Waals surface area contributed by atoms with Gasteiger partial charge in [-0.1, -0.05) is 18.6 Å². The SMILES string of the molecule is C[C@H]1OC(=O)C(C2CCC2)OC(=O)[C@H](C)[C@H](O)[C@H](Cc2c(F)c(F)c(F)c(F)c2F)NC(=O)[C@H]1NC(=O)c1ccccc1O. The van der Waals surface area contributed by atoms with Crippen LogP contribution < -0.4 is 10.6 Å². The van der Waals surface area contributed by atoms with E-state index in [2.05, 4.69) is 10.6 Å². The van der Waals surface area contributed by atoms with Crippen LogP contribution in [0.15, 0.2) is 24.3 Å². The molecule has 15 heteroatoms. The molecule has 2 fully saturated rings. The summed E-state index contributed by atoms with van der Waals surface area (Å²) < 4.78 is 81.7. The molecule has 0 bridgehead atoms. The highest BCUT2D eigenvalue weighted by molar-refractivity contribution is 6.00. The van der Waals surface area contributed by atoms with Crippen molar-refractivity contribution in [3.63, 3.8) is 0 Å². The number of carbonyl (C=O) groups excluding carboxylic acids is 4. The van der Waals surface area contributed by atoms with Crippen LogP contribution in [0.25, 0.3) is 0 Å². The predicted octanol–water partition coefficient (Wildman–Crippen LogP) is 2.57. The zero-order valence-electron chi connectivity index (χ0n) is 23.4. The summed E-state index contributed by atoms with van der Waals surface area (Å²) in [5.74, 6) is -18.3. The van der Waals surface area contributed by atoms with Crippen LogP contribution in [-0.2, 0) is 30.3 Å². The van der Waals surface area contributed by atoms with Crippen molar-refractivity contribution in [3.8, 4) is 5.75 Å². The molecule has 0 spiro atoms. The summed E-state index contributed by atoms with van der Waals surface area (Å²) in [5, 5.41) is 25.7. The van der Waals surface area contributed by atoms with Crippen molar-refractivity contribution >= 4 is 23.8 Å². The second kappa shape index (κ2) is 13.2. The van der Waals surface area contributed by atoms with Crippen LogP contribution in [0, 0.1) is 40.9 Å². The minimum absolute atomic E-state index is 0.280. The molecule has 1 saturated carbocycles. The standard InChI is InChI=1S/C29H29F5N2O8/c1-11-24(38)16(10-15-18(30)20(32)22(34)21(33)19(15)31)35-27(40)23(36-26(39)14-8-3-4-9-17(14)37)12(2)43-29(42)25(44-28(11)41)13-6-5-7-13/h3-4,8-9,11-13,16,23-25,37-38H,5-7,10H2,1-2H3,(H,35,40)(H,36,39)/t11-,12-,16+,23+,24+,25?/m1/s1. The van der Waals surface area contributed by atoms with Crippen molar-refractivity contribution < 1.29 is 60.8 Å². The van der Waals surface area contributed by atoms with Gasteiger partial charge in [-0.15, -0.1) is 0 Å². The zero-order valence-corrected chi connectivity index (χ0v) is 23.4. The van der Waals surface area contributed by atoms with Crippen molar-refractivity contribution in [3.05, 3.63) is 64.5 Å². The highest BCUT2D eigenvalue weighted by Gasteiger charge is 2.44. The summed E-state index contributed by atoms with van der Waals surface area (Å²) in [6.45, 7) is 2.32. The summed E-state index contributed by atoms with van der Waals surface area (Å²) in [5.41, 5.74) is -1.67. The number of para-hydroxylation sites is 1. The first-order chi connectivity index (χ1) is 20.7. The van der Waals surface area contributed by atoms with Crippen LogP contribution in [0.2, 0.25) is 0 Å². The number of aliphatic hydroxyl groups excluding tert-OH is 1. The van der Waals surface area contributed by atoms with Crippen LogP contribution >= 0.6 is 0 Å². The number of aliphatic hydroxyl groups is 1. The number of cyclic esters (lactones) is 2. The maximum atomic E-state index is 14.6. The number of amides is 2. The van der Waals surface area contributed by atoms with Gasteiger partial charge in [-0.25, -0.2) is 26.7 Å².